The quantitative estimate of drug-likeness (QED) is 0.408. The van der Waals surface area contributed by atoms with Crippen LogP contribution in [0.3, 0.4) is 0 Å². The zero-order valence-corrected chi connectivity index (χ0v) is 18.8. The third kappa shape index (κ3) is 5.21. The molecule has 2 aromatic carbocycles. The Morgan fingerprint density at radius 1 is 1.00 bits per heavy atom. The molecule has 1 aliphatic rings. The topological polar surface area (TPSA) is 91.7 Å². The van der Waals surface area contributed by atoms with Gasteiger partial charge in [-0.1, -0.05) is 47.6 Å². The molecule has 174 valence electrons. The molecule has 1 saturated heterocycles. The summed E-state index contributed by atoms with van der Waals surface area (Å²) in [6.07, 6.45) is 2.01. The Kier molecular flexibility index (Phi) is 6.44. The average Bonchev–Trinajstić information content (AvgIpc) is 3.54. The maximum Gasteiger partial charge on any atom is 0.287 e. The number of hydrogen-bond acceptors (Lipinski definition) is 6. The number of aromatic nitrogens is 1. The second-order valence-corrected chi connectivity index (χ2v) is 8.69. The van der Waals surface area contributed by atoms with Crippen molar-refractivity contribution < 1.29 is 18.8 Å². The van der Waals surface area contributed by atoms with E-state index in [1.165, 1.54) is 0 Å². The number of carbonyl (C=O) groups excluding carboxylic acids is 1. The van der Waals surface area contributed by atoms with E-state index in [0.29, 0.717) is 18.2 Å². The van der Waals surface area contributed by atoms with Crippen molar-refractivity contribution >= 4 is 5.91 Å². The van der Waals surface area contributed by atoms with Crippen LogP contribution in [0.2, 0.25) is 0 Å². The van der Waals surface area contributed by atoms with Crippen molar-refractivity contribution in [2.45, 2.75) is 19.4 Å². The monoisotopic (exact) mass is 457 g/mol. The highest BCUT2D eigenvalue weighted by Crippen LogP contribution is 2.26. The van der Waals surface area contributed by atoms with E-state index >= 15 is 0 Å². The second-order valence-electron chi connectivity index (χ2n) is 8.69. The summed E-state index contributed by atoms with van der Waals surface area (Å²) >= 11 is 0. The van der Waals surface area contributed by atoms with Crippen LogP contribution >= 0.6 is 0 Å². The highest BCUT2D eigenvalue weighted by Gasteiger charge is 2.22. The second kappa shape index (κ2) is 9.97. The van der Waals surface area contributed by atoms with E-state index in [0.717, 1.165) is 55.1 Å². The fraction of sp³-hybridized carbons (Fsp3) is 0.259. The molecule has 2 N–H and O–H groups in total. The first kappa shape index (κ1) is 22.0. The Balaban J connectivity index is 1.08. The van der Waals surface area contributed by atoms with Gasteiger partial charge in [-0.3, -0.25) is 9.69 Å². The van der Waals surface area contributed by atoms with E-state index in [1.807, 2.05) is 42.5 Å². The standard InChI is InChI=1S/C27H27N3O4/c31-22-8-4-7-21(15-22)25-9-10-26(33-25)27(32)28-17-19-11-13-30(14-12-19)18-23-16-24(29-34-23)20-5-2-1-3-6-20/h1-10,15-16,19,31H,11-14,17-18H2,(H,28,32). The molecular weight excluding hydrogens is 430 g/mol. The average molecular weight is 458 g/mol. The van der Waals surface area contributed by atoms with Crippen LogP contribution in [0.25, 0.3) is 22.6 Å². The molecule has 7 nitrogen and oxygen atoms in total. The molecule has 3 heterocycles. The number of carbonyl (C=O) groups is 1. The van der Waals surface area contributed by atoms with Gasteiger partial charge in [0.1, 0.15) is 17.2 Å². The number of nitrogens with zero attached hydrogens (tertiary/aromatic N) is 2. The van der Waals surface area contributed by atoms with Gasteiger partial charge in [0.15, 0.2) is 11.5 Å². The first-order valence-electron chi connectivity index (χ1n) is 11.5. The number of hydrogen-bond donors (Lipinski definition) is 2. The van der Waals surface area contributed by atoms with Crippen LogP contribution in [0.4, 0.5) is 0 Å². The number of piperidine rings is 1. The van der Waals surface area contributed by atoms with Crippen LogP contribution in [-0.4, -0.2) is 40.7 Å². The predicted octanol–water partition coefficient (Wildman–Crippen LogP) is 4.95. The molecule has 0 aliphatic carbocycles. The molecule has 0 unspecified atom stereocenters. The van der Waals surface area contributed by atoms with Gasteiger partial charge in [0, 0.05) is 23.7 Å². The van der Waals surface area contributed by atoms with Crippen molar-refractivity contribution in [3.8, 4) is 28.3 Å². The Morgan fingerprint density at radius 2 is 1.79 bits per heavy atom. The maximum atomic E-state index is 12.5. The van der Waals surface area contributed by atoms with Crippen LogP contribution in [0, 0.1) is 5.92 Å². The third-order valence-corrected chi connectivity index (χ3v) is 6.23. The van der Waals surface area contributed by atoms with Crippen molar-refractivity contribution in [3.63, 3.8) is 0 Å². The molecule has 34 heavy (non-hydrogen) atoms. The number of benzene rings is 2. The van der Waals surface area contributed by atoms with E-state index in [2.05, 4.69) is 15.4 Å². The van der Waals surface area contributed by atoms with Gasteiger partial charge in [-0.05, 0) is 56.1 Å². The lowest BCUT2D eigenvalue weighted by Crippen LogP contribution is -2.38. The summed E-state index contributed by atoms with van der Waals surface area (Å²) in [5.74, 6) is 2.06. The molecule has 0 atom stereocenters. The summed E-state index contributed by atoms with van der Waals surface area (Å²) in [7, 11) is 0. The summed E-state index contributed by atoms with van der Waals surface area (Å²) in [4.78, 5) is 14.9. The normalized spacial score (nSPS) is 14.8. The van der Waals surface area contributed by atoms with Gasteiger partial charge in [0.05, 0.1) is 6.54 Å². The van der Waals surface area contributed by atoms with E-state index in [9.17, 15) is 9.90 Å². The number of rotatable bonds is 7. The van der Waals surface area contributed by atoms with Gasteiger partial charge in [-0.25, -0.2) is 0 Å². The molecule has 4 aromatic rings. The van der Waals surface area contributed by atoms with Crippen LogP contribution in [-0.2, 0) is 6.54 Å². The zero-order chi connectivity index (χ0) is 23.3. The van der Waals surface area contributed by atoms with Gasteiger partial charge >= 0.3 is 0 Å². The van der Waals surface area contributed by atoms with E-state index < -0.39 is 0 Å². The Labute approximate surface area is 198 Å². The first-order chi connectivity index (χ1) is 16.6. The van der Waals surface area contributed by atoms with E-state index in [-0.39, 0.29) is 17.4 Å². The number of aromatic hydroxyl groups is 1. The highest BCUT2D eigenvalue weighted by molar-refractivity contribution is 5.92. The molecule has 0 bridgehead atoms. The molecule has 1 aliphatic heterocycles. The zero-order valence-electron chi connectivity index (χ0n) is 18.8. The number of likely N-dealkylation sites (tertiary alicyclic amines) is 1. The minimum Gasteiger partial charge on any atom is -0.508 e. The molecular formula is C27H27N3O4. The summed E-state index contributed by atoms with van der Waals surface area (Å²) in [5.41, 5.74) is 2.64. The largest absolute Gasteiger partial charge is 0.508 e. The molecule has 0 radical (unpaired) electrons. The molecule has 2 aromatic heterocycles. The lowest BCUT2D eigenvalue weighted by Gasteiger charge is -2.31. The summed E-state index contributed by atoms with van der Waals surface area (Å²) in [5, 5.41) is 16.8. The highest BCUT2D eigenvalue weighted by atomic mass is 16.5. The summed E-state index contributed by atoms with van der Waals surface area (Å²) in [6.45, 7) is 3.26. The molecule has 7 heteroatoms. The van der Waals surface area contributed by atoms with Gasteiger partial charge in [0.25, 0.3) is 5.91 Å². The van der Waals surface area contributed by atoms with Crippen molar-refractivity contribution in [3.05, 3.63) is 84.3 Å². The van der Waals surface area contributed by atoms with Crippen LogP contribution in [0.5, 0.6) is 5.75 Å². The van der Waals surface area contributed by atoms with Crippen LogP contribution in [0.15, 0.2) is 81.7 Å². The molecule has 1 fully saturated rings. The van der Waals surface area contributed by atoms with Crippen molar-refractivity contribution in [2.24, 2.45) is 5.92 Å². The van der Waals surface area contributed by atoms with Crippen LogP contribution in [0.1, 0.15) is 29.2 Å². The SMILES string of the molecule is O=C(NCC1CCN(Cc2cc(-c3ccccc3)no2)CC1)c1ccc(-c2cccc(O)c2)o1. The van der Waals surface area contributed by atoms with Gasteiger partial charge in [0.2, 0.25) is 0 Å². The first-order valence-corrected chi connectivity index (χ1v) is 11.5. The number of furan rings is 1. The van der Waals surface area contributed by atoms with Crippen molar-refractivity contribution in [1.82, 2.24) is 15.4 Å². The van der Waals surface area contributed by atoms with Gasteiger partial charge in [-0.15, -0.1) is 0 Å². The summed E-state index contributed by atoms with van der Waals surface area (Å²) < 4.78 is 11.2. The van der Waals surface area contributed by atoms with Gasteiger partial charge < -0.3 is 19.4 Å². The number of amides is 1. The molecule has 0 spiro atoms. The Hall–Kier alpha value is -3.84. The maximum absolute atomic E-state index is 12.5. The fourth-order valence-electron chi connectivity index (χ4n) is 4.30. The van der Waals surface area contributed by atoms with Gasteiger partial charge in [-0.2, -0.15) is 0 Å². The lowest BCUT2D eigenvalue weighted by atomic mass is 9.96. The van der Waals surface area contributed by atoms with Crippen molar-refractivity contribution in [2.75, 3.05) is 19.6 Å². The third-order valence-electron chi connectivity index (χ3n) is 6.23. The Bertz CT molecular complexity index is 1240. The molecule has 0 saturated carbocycles. The number of phenolic OH excluding ortho intramolecular Hbond substituents is 1. The predicted molar refractivity (Wildman–Crippen MR) is 128 cm³/mol. The minimum atomic E-state index is -0.219. The van der Waals surface area contributed by atoms with E-state index in [1.54, 1.807) is 30.3 Å². The minimum absolute atomic E-state index is 0.159. The summed E-state index contributed by atoms with van der Waals surface area (Å²) in [6, 6.07) is 22.2. The van der Waals surface area contributed by atoms with Crippen molar-refractivity contribution in [1.29, 1.82) is 0 Å². The molecule has 1 amide bonds. The van der Waals surface area contributed by atoms with E-state index in [4.69, 9.17) is 8.94 Å². The van der Waals surface area contributed by atoms with Crippen LogP contribution < -0.4 is 5.32 Å². The molecule has 5 rings (SSSR count). The fourth-order valence-corrected chi connectivity index (χ4v) is 4.30. The lowest BCUT2D eigenvalue weighted by molar-refractivity contribution is 0.0907. The number of phenols is 1. The Morgan fingerprint density at radius 3 is 2.59 bits per heavy atom. The smallest absolute Gasteiger partial charge is 0.287 e. The number of nitrogens with one attached hydrogen (secondary N) is 1.